The lowest BCUT2D eigenvalue weighted by molar-refractivity contribution is 0.663. The molecule has 0 aliphatic rings. The van der Waals surface area contributed by atoms with Crippen LogP contribution in [0.15, 0.2) is 29.2 Å². The molecule has 3 heteroatoms. The highest BCUT2D eigenvalue weighted by molar-refractivity contribution is 7.99. The fraction of sp³-hybridized carbons (Fsp3) is 0.417. The van der Waals surface area contributed by atoms with Gasteiger partial charge in [0, 0.05) is 10.6 Å². The summed E-state index contributed by atoms with van der Waals surface area (Å²) in [7, 11) is 1.82. The van der Waals surface area contributed by atoms with Gasteiger partial charge in [0.15, 0.2) is 0 Å². The summed E-state index contributed by atoms with van der Waals surface area (Å²) >= 11 is 1.80. The van der Waals surface area contributed by atoms with Gasteiger partial charge < -0.3 is 5.32 Å². The molecule has 0 aliphatic carbocycles. The average Bonchev–Trinajstić information content (AvgIpc) is 2.27. The first kappa shape index (κ1) is 12.1. The van der Waals surface area contributed by atoms with Gasteiger partial charge in [-0.3, -0.25) is 0 Å². The molecule has 80 valence electrons. The van der Waals surface area contributed by atoms with Gasteiger partial charge in [-0.05, 0) is 32.5 Å². The Morgan fingerprint density at radius 2 is 2.07 bits per heavy atom. The van der Waals surface area contributed by atoms with Crippen LogP contribution in [0.25, 0.3) is 0 Å². The largest absolute Gasteiger partial charge is 0.305 e. The van der Waals surface area contributed by atoms with E-state index in [0.717, 1.165) is 12.2 Å². The molecule has 0 radical (unpaired) electrons. The van der Waals surface area contributed by atoms with Crippen LogP contribution in [0.1, 0.15) is 12.0 Å². The maximum Gasteiger partial charge on any atom is 0.0958 e. The Bertz CT molecular complexity index is 326. The Labute approximate surface area is 95.7 Å². The van der Waals surface area contributed by atoms with E-state index < -0.39 is 0 Å². The summed E-state index contributed by atoms with van der Waals surface area (Å²) in [6.07, 6.45) is 0.880. The minimum atomic E-state index is -0.0250. The lowest BCUT2D eigenvalue weighted by Crippen LogP contribution is -2.23. The van der Waals surface area contributed by atoms with E-state index in [1.54, 1.807) is 11.8 Å². The van der Waals surface area contributed by atoms with Gasteiger partial charge in [-0.1, -0.05) is 17.7 Å². The monoisotopic (exact) mass is 220 g/mol. The van der Waals surface area contributed by atoms with Crippen molar-refractivity contribution in [2.24, 2.45) is 0 Å². The molecule has 0 fully saturated rings. The number of nitrogens with one attached hydrogen (secondary N) is 1. The Morgan fingerprint density at radius 3 is 2.60 bits per heavy atom. The van der Waals surface area contributed by atoms with Crippen LogP contribution >= 0.6 is 11.8 Å². The zero-order valence-corrected chi connectivity index (χ0v) is 9.97. The zero-order chi connectivity index (χ0) is 11.1. The molecule has 1 atom stereocenters. The van der Waals surface area contributed by atoms with Gasteiger partial charge in [0.05, 0.1) is 12.1 Å². The Balaban J connectivity index is 2.32. The molecule has 1 aromatic rings. The standard InChI is InChI=1S/C12H16N2S/c1-10-3-5-12(6-4-10)15-8-7-11(9-13)14-2/h3-6,11,14H,7-8H2,1-2H3. The maximum absolute atomic E-state index is 8.74. The third-order valence-corrected chi connectivity index (χ3v) is 3.25. The predicted octanol–water partition coefficient (Wildman–Crippen LogP) is 2.59. The Hall–Kier alpha value is -0.980. The topological polar surface area (TPSA) is 35.8 Å². The third-order valence-electron chi connectivity index (χ3n) is 2.20. The minimum absolute atomic E-state index is 0.0250. The zero-order valence-electron chi connectivity index (χ0n) is 9.16. The van der Waals surface area contributed by atoms with Crippen LogP contribution in [0.5, 0.6) is 0 Å². The first-order valence-electron chi connectivity index (χ1n) is 5.02. The summed E-state index contributed by atoms with van der Waals surface area (Å²) in [4.78, 5) is 1.27. The van der Waals surface area contributed by atoms with Crippen LogP contribution in [-0.4, -0.2) is 18.8 Å². The highest BCUT2D eigenvalue weighted by Gasteiger charge is 2.03. The fourth-order valence-corrected chi connectivity index (χ4v) is 2.12. The number of aryl methyl sites for hydroxylation is 1. The van der Waals surface area contributed by atoms with Crippen molar-refractivity contribution in [3.8, 4) is 6.07 Å². The molecule has 0 aromatic heterocycles. The number of benzene rings is 1. The van der Waals surface area contributed by atoms with Crippen LogP contribution < -0.4 is 5.32 Å². The number of nitriles is 1. The van der Waals surface area contributed by atoms with Gasteiger partial charge in [-0.25, -0.2) is 0 Å². The molecule has 0 amide bonds. The van der Waals surface area contributed by atoms with Crippen molar-refractivity contribution in [3.05, 3.63) is 29.8 Å². The molecule has 1 unspecified atom stereocenters. The summed E-state index contributed by atoms with van der Waals surface area (Å²) in [5.74, 6) is 0.974. The molecular weight excluding hydrogens is 204 g/mol. The van der Waals surface area contributed by atoms with E-state index >= 15 is 0 Å². The van der Waals surface area contributed by atoms with Gasteiger partial charge in [0.2, 0.25) is 0 Å². The maximum atomic E-state index is 8.74. The third kappa shape index (κ3) is 4.37. The van der Waals surface area contributed by atoms with Crippen LogP contribution in [0.3, 0.4) is 0 Å². The fourth-order valence-electron chi connectivity index (χ4n) is 1.20. The van der Waals surface area contributed by atoms with Gasteiger partial charge >= 0.3 is 0 Å². The first-order valence-corrected chi connectivity index (χ1v) is 6.01. The Kier molecular flexibility index (Phi) is 5.23. The van der Waals surface area contributed by atoms with Crippen molar-refractivity contribution in [2.75, 3.05) is 12.8 Å². The SMILES string of the molecule is CNC(C#N)CCSc1ccc(C)cc1. The molecule has 0 bridgehead atoms. The predicted molar refractivity (Wildman–Crippen MR) is 65.0 cm³/mol. The Morgan fingerprint density at radius 1 is 1.40 bits per heavy atom. The lowest BCUT2D eigenvalue weighted by Gasteiger charge is -2.06. The molecule has 0 heterocycles. The lowest BCUT2D eigenvalue weighted by atomic mass is 10.2. The summed E-state index contributed by atoms with van der Waals surface area (Å²) < 4.78 is 0. The molecular formula is C12H16N2S. The first-order chi connectivity index (χ1) is 7.26. The van der Waals surface area contributed by atoms with Crippen molar-refractivity contribution >= 4 is 11.8 Å². The summed E-state index contributed by atoms with van der Waals surface area (Å²) in [5, 5.41) is 11.7. The van der Waals surface area contributed by atoms with E-state index in [2.05, 4.69) is 42.6 Å². The normalized spacial score (nSPS) is 12.1. The van der Waals surface area contributed by atoms with Crippen molar-refractivity contribution in [3.63, 3.8) is 0 Å². The van der Waals surface area contributed by atoms with Crippen molar-refractivity contribution < 1.29 is 0 Å². The second-order valence-electron chi connectivity index (χ2n) is 3.42. The molecule has 1 N–H and O–H groups in total. The number of hydrogen-bond acceptors (Lipinski definition) is 3. The van der Waals surface area contributed by atoms with Crippen molar-refractivity contribution in [1.29, 1.82) is 5.26 Å². The molecule has 1 aromatic carbocycles. The molecule has 0 aliphatic heterocycles. The smallest absolute Gasteiger partial charge is 0.0958 e. The molecule has 0 saturated heterocycles. The second-order valence-corrected chi connectivity index (χ2v) is 4.59. The summed E-state index contributed by atoms with van der Waals surface area (Å²) in [6.45, 7) is 2.08. The van der Waals surface area contributed by atoms with Crippen LogP contribution in [0, 0.1) is 18.3 Å². The van der Waals surface area contributed by atoms with Gasteiger partial charge in [-0.15, -0.1) is 11.8 Å². The second kappa shape index (κ2) is 6.49. The van der Waals surface area contributed by atoms with E-state index in [1.807, 2.05) is 7.05 Å². The van der Waals surface area contributed by atoms with Crippen LogP contribution in [0.4, 0.5) is 0 Å². The van der Waals surface area contributed by atoms with Crippen LogP contribution in [-0.2, 0) is 0 Å². The summed E-state index contributed by atoms with van der Waals surface area (Å²) in [6, 6.07) is 10.7. The van der Waals surface area contributed by atoms with Gasteiger partial charge in [0.1, 0.15) is 0 Å². The highest BCUT2D eigenvalue weighted by Crippen LogP contribution is 2.19. The van der Waals surface area contributed by atoms with Crippen LogP contribution in [0.2, 0.25) is 0 Å². The summed E-state index contributed by atoms with van der Waals surface area (Å²) in [5.41, 5.74) is 1.28. The number of hydrogen-bond donors (Lipinski definition) is 1. The average molecular weight is 220 g/mol. The van der Waals surface area contributed by atoms with Crippen molar-refractivity contribution in [1.82, 2.24) is 5.32 Å². The molecule has 0 saturated carbocycles. The molecule has 2 nitrogen and oxygen atoms in total. The number of nitrogens with zero attached hydrogens (tertiary/aromatic N) is 1. The molecule has 0 spiro atoms. The quantitative estimate of drug-likeness (QED) is 0.775. The van der Waals surface area contributed by atoms with Gasteiger partial charge in [-0.2, -0.15) is 5.26 Å². The van der Waals surface area contributed by atoms with Crippen molar-refractivity contribution in [2.45, 2.75) is 24.3 Å². The number of thioether (sulfide) groups is 1. The van der Waals surface area contributed by atoms with E-state index in [0.29, 0.717) is 0 Å². The highest BCUT2D eigenvalue weighted by atomic mass is 32.2. The van der Waals surface area contributed by atoms with E-state index in [9.17, 15) is 0 Å². The number of rotatable bonds is 5. The molecule has 15 heavy (non-hydrogen) atoms. The van der Waals surface area contributed by atoms with Gasteiger partial charge in [0.25, 0.3) is 0 Å². The van der Waals surface area contributed by atoms with E-state index in [4.69, 9.17) is 5.26 Å². The minimum Gasteiger partial charge on any atom is -0.305 e. The van der Waals surface area contributed by atoms with E-state index in [-0.39, 0.29) is 6.04 Å². The molecule has 1 rings (SSSR count). The van der Waals surface area contributed by atoms with E-state index in [1.165, 1.54) is 10.5 Å².